The summed E-state index contributed by atoms with van der Waals surface area (Å²) < 4.78 is 0. The van der Waals surface area contributed by atoms with Crippen molar-refractivity contribution in [2.24, 2.45) is 10.8 Å². The van der Waals surface area contributed by atoms with E-state index in [4.69, 9.17) is 28.9 Å². The highest BCUT2D eigenvalue weighted by Crippen LogP contribution is 2.23. The molecule has 0 aromatic heterocycles. The molecule has 2 amide bonds. The Morgan fingerprint density at radius 3 is 2.62 bits per heavy atom. The van der Waals surface area contributed by atoms with E-state index in [1.807, 2.05) is 6.92 Å². The molecule has 86 valence electrons. The van der Waals surface area contributed by atoms with Gasteiger partial charge in [0, 0.05) is 0 Å². The second-order valence-corrected chi connectivity index (χ2v) is 3.83. The quantitative estimate of drug-likeness (QED) is 0.636. The van der Waals surface area contributed by atoms with E-state index >= 15 is 0 Å². The van der Waals surface area contributed by atoms with Gasteiger partial charge in [-0.1, -0.05) is 36.2 Å². The lowest BCUT2D eigenvalue weighted by Gasteiger charge is -2.05. The maximum atomic E-state index is 10.5. The molecular weight excluding hydrogens is 249 g/mol. The summed E-state index contributed by atoms with van der Waals surface area (Å²) in [5.74, 6) is 0. The van der Waals surface area contributed by atoms with Crippen LogP contribution in [0.25, 0.3) is 0 Å². The minimum Gasteiger partial charge on any atom is -0.350 e. The first-order valence-electron chi connectivity index (χ1n) is 4.62. The van der Waals surface area contributed by atoms with E-state index in [9.17, 15) is 4.79 Å². The van der Waals surface area contributed by atoms with Crippen LogP contribution in [0.3, 0.4) is 0 Å². The number of carbonyl (C=O) groups excluding carboxylic acids is 1. The van der Waals surface area contributed by atoms with Gasteiger partial charge in [0.15, 0.2) is 0 Å². The summed E-state index contributed by atoms with van der Waals surface area (Å²) in [6.07, 6.45) is 0.637. The summed E-state index contributed by atoms with van der Waals surface area (Å²) >= 11 is 11.7. The third-order valence-corrected chi connectivity index (χ3v) is 2.63. The molecule has 0 aliphatic heterocycles. The van der Waals surface area contributed by atoms with Gasteiger partial charge in [0.25, 0.3) is 0 Å². The minimum absolute atomic E-state index is 0.444. The van der Waals surface area contributed by atoms with Gasteiger partial charge in [0.05, 0.1) is 15.8 Å². The molecule has 1 aromatic carbocycles. The number of hydrogen-bond acceptors (Lipinski definition) is 2. The lowest BCUT2D eigenvalue weighted by atomic mass is 10.1. The van der Waals surface area contributed by atoms with Crippen LogP contribution in [0.1, 0.15) is 18.9 Å². The average molecular weight is 260 g/mol. The zero-order valence-corrected chi connectivity index (χ0v) is 10.1. The molecule has 0 heterocycles. The van der Waals surface area contributed by atoms with Gasteiger partial charge in [-0.15, -0.1) is 0 Å². The Bertz CT molecular complexity index is 432. The van der Waals surface area contributed by atoms with Crippen LogP contribution in [0.4, 0.5) is 4.79 Å². The lowest BCUT2D eigenvalue weighted by Crippen LogP contribution is -2.25. The number of urea groups is 1. The van der Waals surface area contributed by atoms with E-state index in [0.717, 1.165) is 5.56 Å². The second-order valence-electron chi connectivity index (χ2n) is 3.02. The minimum atomic E-state index is -0.703. The number of amides is 2. The zero-order chi connectivity index (χ0) is 12.1. The number of halogens is 2. The molecule has 0 aliphatic carbocycles. The van der Waals surface area contributed by atoms with Crippen molar-refractivity contribution in [3.63, 3.8) is 0 Å². The van der Waals surface area contributed by atoms with Crippen LogP contribution in [0.5, 0.6) is 0 Å². The van der Waals surface area contributed by atoms with E-state index in [0.29, 0.717) is 22.2 Å². The number of primary amides is 1. The number of hydrogen-bond donors (Lipinski definition) is 2. The van der Waals surface area contributed by atoms with Crippen LogP contribution in [0.2, 0.25) is 10.0 Å². The van der Waals surface area contributed by atoms with Gasteiger partial charge in [-0.3, -0.25) is 0 Å². The van der Waals surface area contributed by atoms with Crippen LogP contribution in [0.15, 0.2) is 23.3 Å². The van der Waals surface area contributed by atoms with Gasteiger partial charge < -0.3 is 5.73 Å². The maximum Gasteiger partial charge on any atom is 0.332 e. The summed E-state index contributed by atoms with van der Waals surface area (Å²) in [5, 5.41) is 4.79. The topological polar surface area (TPSA) is 67.5 Å². The lowest BCUT2D eigenvalue weighted by molar-refractivity contribution is 0.249. The predicted octanol–water partition coefficient (Wildman–Crippen LogP) is 2.78. The molecule has 0 spiro atoms. The molecule has 0 radical (unpaired) electrons. The van der Waals surface area contributed by atoms with Crippen molar-refractivity contribution in [1.82, 2.24) is 5.43 Å². The molecule has 0 unspecified atom stereocenters. The molecule has 4 nitrogen and oxygen atoms in total. The zero-order valence-electron chi connectivity index (χ0n) is 8.63. The van der Waals surface area contributed by atoms with E-state index in [1.54, 1.807) is 18.2 Å². The summed E-state index contributed by atoms with van der Waals surface area (Å²) in [6.45, 7) is 1.91. The fourth-order valence-corrected chi connectivity index (χ4v) is 1.44. The third kappa shape index (κ3) is 3.40. The SMILES string of the molecule is CC/C(=N\NC(N)=O)c1ccc(Cl)c(Cl)c1. The molecule has 16 heavy (non-hydrogen) atoms. The van der Waals surface area contributed by atoms with E-state index < -0.39 is 6.03 Å². The molecule has 6 heteroatoms. The van der Waals surface area contributed by atoms with Gasteiger partial charge in [0.1, 0.15) is 0 Å². The number of nitrogens with one attached hydrogen (secondary N) is 1. The van der Waals surface area contributed by atoms with Gasteiger partial charge in [-0.05, 0) is 24.1 Å². The molecule has 0 fully saturated rings. The first kappa shape index (κ1) is 12.8. The van der Waals surface area contributed by atoms with Gasteiger partial charge >= 0.3 is 6.03 Å². The number of benzene rings is 1. The molecular formula is C10H11Cl2N3O. The predicted molar refractivity (Wildman–Crippen MR) is 66.0 cm³/mol. The molecule has 1 rings (SSSR count). The summed E-state index contributed by atoms with van der Waals surface area (Å²) in [6, 6.07) is 4.44. The summed E-state index contributed by atoms with van der Waals surface area (Å²) in [5.41, 5.74) is 8.58. The summed E-state index contributed by atoms with van der Waals surface area (Å²) in [4.78, 5) is 10.5. The summed E-state index contributed by atoms with van der Waals surface area (Å²) in [7, 11) is 0. The number of carbonyl (C=O) groups is 1. The van der Waals surface area contributed by atoms with Gasteiger partial charge in [-0.2, -0.15) is 5.10 Å². The van der Waals surface area contributed by atoms with Crippen molar-refractivity contribution < 1.29 is 4.79 Å². The highest BCUT2D eigenvalue weighted by atomic mass is 35.5. The highest BCUT2D eigenvalue weighted by Gasteiger charge is 2.05. The van der Waals surface area contributed by atoms with Crippen LogP contribution in [0, 0.1) is 0 Å². The molecule has 0 saturated heterocycles. The van der Waals surface area contributed by atoms with Crippen molar-refractivity contribution in [1.29, 1.82) is 0 Å². The molecule has 0 atom stereocenters. The van der Waals surface area contributed by atoms with Crippen molar-refractivity contribution in [3.05, 3.63) is 33.8 Å². The van der Waals surface area contributed by atoms with Crippen LogP contribution < -0.4 is 11.2 Å². The van der Waals surface area contributed by atoms with E-state index in [2.05, 4.69) is 10.5 Å². The average Bonchev–Trinajstić information content (AvgIpc) is 2.23. The van der Waals surface area contributed by atoms with Crippen molar-refractivity contribution in [2.75, 3.05) is 0 Å². The van der Waals surface area contributed by atoms with E-state index in [1.165, 1.54) is 0 Å². The third-order valence-electron chi connectivity index (χ3n) is 1.89. The Hall–Kier alpha value is -1.26. The Labute approximate surface area is 103 Å². The normalized spacial score (nSPS) is 11.3. The first-order valence-corrected chi connectivity index (χ1v) is 5.37. The van der Waals surface area contributed by atoms with Crippen LogP contribution in [-0.2, 0) is 0 Å². The monoisotopic (exact) mass is 259 g/mol. The molecule has 0 aliphatic rings. The maximum absolute atomic E-state index is 10.5. The van der Waals surface area contributed by atoms with Crippen molar-refractivity contribution in [2.45, 2.75) is 13.3 Å². The van der Waals surface area contributed by atoms with Crippen LogP contribution >= 0.6 is 23.2 Å². The van der Waals surface area contributed by atoms with Gasteiger partial charge in [0.2, 0.25) is 0 Å². The van der Waals surface area contributed by atoms with Crippen molar-refractivity contribution in [3.8, 4) is 0 Å². The fourth-order valence-electron chi connectivity index (χ4n) is 1.15. The highest BCUT2D eigenvalue weighted by molar-refractivity contribution is 6.42. The smallest absolute Gasteiger partial charge is 0.332 e. The number of nitrogens with two attached hydrogens (primary N) is 1. The van der Waals surface area contributed by atoms with Crippen molar-refractivity contribution >= 4 is 34.9 Å². The standard InChI is InChI=1S/C10H11Cl2N3O/c1-2-9(14-15-10(13)16)6-3-4-7(11)8(12)5-6/h3-5H,2H2,1H3,(H3,13,15,16)/b14-9+. The molecule has 0 bridgehead atoms. The number of nitrogens with zero attached hydrogens (tertiary/aromatic N) is 1. The van der Waals surface area contributed by atoms with Gasteiger partial charge in [-0.25, -0.2) is 10.2 Å². The fraction of sp³-hybridized carbons (Fsp3) is 0.200. The molecule has 3 N–H and O–H groups in total. The Kier molecular flexibility index (Phi) is 4.58. The van der Waals surface area contributed by atoms with E-state index in [-0.39, 0.29) is 0 Å². The largest absolute Gasteiger partial charge is 0.350 e. The second kappa shape index (κ2) is 5.72. The Balaban J connectivity index is 2.99. The molecule has 0 saturated carbocycles. The Morgan fingerprint density at radius 1 is 1.44 bits per heavy atom. The number of rotatable bonds is 3. The Morgan fingerprint density at radius 2 is 2.12 bits per heavy atom. The molecule has 1 aromatic rings. The number of hydrazone groups is 1. The first-order chi connectivity index (χ1) is 7.54. The van der Waals surface area contributed by atoms with Crippen LogP contribution in [-0.4, -0.2) is 11.7 Å².